The minimum atomic E-state index is -0.333. The number of pyridine rings is 1. The van der Waals surface area contributed by atoms with Crippen molar-refractivity contribution in [2.45, 2.75) is 96.6 Å². The minimum Gasteiger partial charge on any atom is -0.455 e. The molecule has 4 heteroatoms. The van der Waals surface area contributed by atoms with Crippen LogP contribution in [0, 0.1) is 11.8 Å². The molecule has 5 rings (SSSR count). The lowest BCUT2D eigenvalue weighted by Gasteiger charge is -2.36. The summed E-state index contributed by atoms with van der Waals surface area (Å²) in [5, 5.41) is 4.82. The number of rotatable bonds is 8. The van der Waals surface area contributed by atoms with Crippen molar-refractivity contribution < 1.29 is 9.53 Å². The van der Waals surface area contributed by atoms with Gasteiger partial charge in [-0.2, -0.15) is 0 Å². The third-order valence-electron chi connectivity index (χ3n) is 8.51. The molecule has 3 aromatic rings. The van der Waals surface area contributed by atoms with Gasteiger partial charge in [0.2, 0.25) is 0 Å². The number of para-hydroxylation sites is 1. The van der Waals surface area contributed by atoms with Crippen LogP contribution in [0.25, 0.3) is 10.9 Å². The Morgan fingerprint density at radius 1 is 0.921 bits per heavy atom. The summed E-state index contributed by atoms with van der Waals surface area (Å²) < 4.78 is 6.58. The third kappa shape index (κ3) is 7.02. The fraction of sp³-hybridized carbons (Fsp3) is 0.529. The van der Waals surface area contributed by atoms with E-state index in [4.69, 9.17) is 4.74 Å². The Morgan fingerprint density at radius 2 is 1.66 bits per heavy atom. The van der Waals surface area contributed by atoms with Crippen molar-refractivity contribution in [3.05, 3.63) is 78.0 Å². The highest BCUT2D eigenvalue weighted by molar-refractivity contribution is 5.83. The van der Waals surface area contributed by atoms with E-state index in [2.05, 4.69) is 35.4 Å². The number of carbonyl (C=O) groups excluding carboxylic acids is 1. The maximum absolute atomic E-state index is 14.0. The predicted octanol–water partition coefficient (Wildman–Crippen LogP) is 8.38. The van der Waals surface area contributed by atoms with Gasteiger partial charge in [-0.25, -0.2) is 0 Å². The number of benzene rings is 2. The number of esters is 1. The normalized spacial score (nSPS) is 21.7. The summed E-state index contributed by atoms with van der Waals surface area (Å²) in [6.45, 7) is 7.23. The fourth-order valence-corrected chi connectivity index (χ4v) is 6.29. The SMILES string of the molecule is CC.CC[C@@H]1CC[C@@H]([C@H](OC(=O)C(CC2CCCCC2)c2ccccc2)c2ccnc3ccccc23)NC1. The lowest BCUT2D eigenvalue weighted by molar-refractivity contribution is -0.154. The van der Waals surface area contributed by atoms with Crippen molar-refractivity contribution in [2.75, 3.05) is 6.54 Å². The smallest absolute Gasteiger partial charge is 0.314 e. The largest absolute Gasteiger partial charge is 0.455 e. The molecule has 1 aliphatic carbocycles. The van der Waals surface area contributed by atoms with E-state index in [9.17, 15) is 4.79 Å². The van der Waals surface area contributed by atoms with Gasteiger partial charge in [0, 0.05) is 23.2 Å². The molecule has 2 aliphatic rings. The van der Waals surface area contributed by atoms with E-state index in [1.54, 1.807) is 0 Å². The molecule has 2 aromatic carbocycles. The van der Waals surface area contributed by atoms with Crippen LogP contribution in [0.15, 0.2) is 66.9 Å². The zero-order valence-corrected chi connectivity index (χ0v) is 23.6. The van der Waals surface area contributed by atoms with Gasteiger partial charge in [0.1, 0.15) is 6.10 Å². The molecule has 1 N–H and O–H groups in total. The van der Waals surface area contributed by atoms with Crippen molar-refractivity contribution in [2.24, 2.45) is 11.8 Å². The van der Waals surface area contributed by atoms with Crippen LogP contribution in [0.5, 0.6) is 0 Å². The molecule has 4 nitrogen and oxygen atoms in total. The molecule has 0 bridgehead atoms. The number of nitrogens with one attached hydrogen (secondary N) is 1. The van der Waals surface area contributed by atoms with Gasteiger partial charge in [-0.15, -0.1) is 0 Å². The lowest BCUT2D eigenvalue weighted by Crippen LogP contribution is -2.44. The minimum absolute atomic E-state index is 0.0860. The molecule has 1 unspecified atom stereocenters. The fourth-order valence-electron chi connectivity index (χ4n) is 6.29. The second kappa shape index (κ2) is 14.4. The zero-order valence-electron chi connectivity index (χ0n) is 23.6. The average molecular weight is 515 g/mol. The first-order valence-electron chi connectivity index (χ1n) is 15.1. The first-order valence-corrected chi connectivity index (χ1v) is 15.1. The van der Waals surface area contributed by atoms with Gasteiger partial charge >= 0.3 is 5.97 Å². The Bertz CT molecular complexity index is 1110. The second-order valence-corrected chi connectivity index (χ2v) is 10.8. The summed E-state index contributed by atoms with van der Waals surface area (Å²) in [5.41, 5.74) is 3.08. The van der Waals surface area contributed by atoms with E-state index in [-0.39, 0.29) is 24.0 Å². The Labute approximate surface area is 229 Å². The van der Waals surface area contributed by atoms with E-state index in [1.807, 2.05) is 62.5 Å². The summed E-state index contributed by atoms with van der Waals surface area (Å²) in [6.07, 6.45) is 12.1. The summed E-state index contributed by atoms with van der Waals surface area (Å²) in [5.74, 6) is 0.971. The maximum atomic E-state index is 14.0. The van der Waals surface area contributed by atoms with Gasteiger partial charge in [-0.1, -0.05) is 108 Å². The molecule has 2 heterocycles. The zero-order chi connectivity index (χ0) is 26.7. The van der Waals surface area contributed by atoms with Gasteiger partial charge in [0.15, 0.2) is 0 Å². The summed E-state index contributed by atoms with van der Waals surface area (Å²) in [4.78, 5) is 18.6. The van der Waals surface area contributed by atoms with Crippen molar-refractivity contribution in [1.82, 2.24) is 10.3 Å². The summed E-state index contributed by atoms with van der Waals surface area (Å²) in [6, 6.07) is 20.6. The van der Waals surface area contributed by atoms with Crippen LogP contribution in [-0.2, 0) is 9.53 Å². The van der Waals surface area contributed by atoms with Gasteiger partial charge in [-0.05, 0) is 55.3 Å². The lowest BCUT2D eigenvalue weighted by atomic mass is 9.80. The molecule has 1 aliphatic heterocycles. The highest BCUT2D eigenvalue weighted by atomic mass is 16.5. The maximum Gasteiger partial charge on any atom is 0.314 e. The van der Waals surface area contributed by atoms with Crippen molar-refractivity contribution in [3.8, 4) is 0 Å². The number of hydrogen-bond acceptors (Lipinski definition) is 4. The van der Waals surface area contributed by atoms with E-state index in [0.717, 1.165) is 47.8 Å². The molecule has 204 valence electrons. The molecule has 1 saturated heterocycles. The van der Waals surface area contributed by atoms with Crippen LogP contribution in [0.1, 0.15) is 102 Å². The van der Waals surface area contributed by atoms with Crippen LogP contribution < -0.4 is 5.32 Å². The number of hydrogen-bond donors (Lipinski definition) is 1. The van der Waals surface area contributed by atoms with Crippen LogP contribution in [0.2, 0.25) is 0 Å². The highest BCUT2D eigenvalue weighted by Crippen LogP contribution is 2.37. The molecular weight excluding hydrogens is 468 g/mol. The van der Waals surface area contributed by atoms with Crippen molar-refractivity contribution in [1.29, 1.82) is 0 Å². The highest BCUT2D eigenvalue weighted by Gasteiger charge is 2.35. The second-order valence-electron chi connectivity index (χ2n) is 10.8. The molecule has 2 fully saturated rings. The number of fused-ring (bicyclic) bond motifs is 1. The summed E-state index contributed by atoms with van der Waals surface area (Å²) >= 11 is 0. The Kier molecular flexibility index (Phi) is 10.7. The van der Waals surface area contributed by atoms with Gasteiger partial charge in [0.25, 0.3) is 0 Å². The van der Waals surface area contributed by atoms with Crippen LogP contribution in [0.4, 0.5) is 0 Å². The Balaban J connectivity index is 0.00000164. The number of piperidine rings is 1. The number of nitrogens with zero attached hydrogens (tertiary/aromatic N) is 1. The number of ether oxygens (including phenoxy) is 1. The molecule has 1 saturated carbocycles. The third-order valence-corrected chi connectivity index (χ3v) is 8.51. The Morgan fingerprint density at radius 3 is 2.37 bits per heavy atom. The van der Waals surface area contributed by atoms with E-state index in [0.29, 0.717) is 11.8 Å². The van der Waals surface area contributed by atoms with Gasteiger partial charge in [-0.3, -0.25) is 9.78 Å². The summed E-state index contributed by atoms with van der Waals surface area (Å²) in [7, 11) is 0. The molecule has 0 amide bonds. The number of aromatic nitrogens is 1. The van der Waals surface area contributed by atoms with Crippen molar-refractivity contribution in [3.63, 3.8) is 0 Å². The van der Waals surface area contributed by atoms with Crippen LogP contribution >= 0.6 is 0 Å². The van der Waals surface area contributed by atoms with Crippen LogP contribution in [0.3, 0.4) is 0 Å². The van der Waals surface area contributed by atoms with Gasteiger partial charge in [0.05, 0.1) is 11.4 Å². The predicted molar refractivity (Wildman–Crippen MR) is 157 cm³/mol. The molecule has 1 aromatic heterocycles. The number of carbonyl (C=O) groups is 1. The van der Waals surface area contributed by atoms with E-state index in [1.165, 1.54) is 38.5 Å². The topological polar surface area (TPSA) is 51.2 Å². The Hall–Kier alpha value is -2.72. The molecule has 0 spiro atoms. The average Bonchev–Trinajstić information content (AvgIpc) is 3.00. The first-order chi connectivity index (χ1) is 18.7. The molecule has 0 radical (unpaired) electrons. The monoisotopic (exact) mass is 514 g/mol. The van der Waals surface area contributed by atoms with Gasteiger partial charge < -0.3 is 10.1 Å². The van der Waals surface area contributed by atoms with Crippen molar-refractivity contribution >= 4 is 16.9 Å². The van der Waals surface area contributed by atoms with E-state index < -0.39 is 0 Å². The molecular formula is C34H46N2O2. The quantitative estimate of drug-likeness (QED) is 0.307. The van der Waals surface area contributed by atoms with E-state index >= 15 is 0 Å². The van der Waals surface area contributed by atoms with Crippen LogP contribution in [-0.4, -0.2) is 23.5 Å². The first kappa shape index (κ1) is 28.3. The molecule has 4 atom stereocenters. The standard InChI is InChI=1S/C32H40N2O2.C2H6/c1-2-23-17-18-30(34-22-23)31(27-19-20-33-29-16-10-9-15-26(27)29)36-32(35)28(25-13-7-4-8-14-25)21-24-11-5-3-6-12-24;1-2/h4,7-10,13-16,19-20,23-24,28,30-31,34H,2-3,5-6,11-12,17-18,21-22H2,1H3;1-2H3/t23-,28?,30+,31-;/m1./s1. The molecule has 38 heavy (non-hydrogen) atoms.